The molecule has 2 N–H and O–H groups in total. The standard InChI is InChI=1S/C26H23N3O3/c1-16-8-10-19(11-9-16)23-24(28-21-14-12-20(13-15-21)27-18(3)30)26(32)29(25(23)31)22-7-5-4-6-17(22)2/h4-15,28H,1-3H3,(H,27,30). The van der Waals surface area contributed by atoms with Crippen molar-refractivity contribution in [2.45, 2.75) is 20.8 Å². The summed E-state index contributed by atoms with van der Waals surface area (Å²) in [4.78, 5) is 39.4. The summed E-state index contributed by atoms with van der Waals surface area (Å²) in [7, 11) is 0. The van der Waals surface area contributed by atoms with Gasteiger partial charge < -0.3 is 10.6 Å². The first kappa shape index (κ1) is 21.1. The topological polar surface area (TPSA) is 78.5 Å². The third kappa shape index (κ3) is 4.03. The van der Waals surface area contributed by atoms with Gasteiger partial charge in [0.25, 0.3) is 11.8 Å². The molecule has 0 saturated carbocycles. The van der Waals surface area contributed by atoms with Gasteiger partial charge in [0.2, 0.25) is 5.91 Å². The van der Waals surface area contributed by atoms with Crippen LogP contribution in [0.25, 0.3) is 5.57 Å². The summed E-state index contributed by atoms with van der Waals surface area (Å²) in [6.45, 7) is 5.27. The number of nitrogens with one attached hydrogen (secondary N) is 2. The second-order valence-electron chi connectivity index (χ2n) is 7.73. The van der Waals surface area contributed by atoms with Crippen LogP contribution in [0.3, 0.4) is 0 Å². The molecule has 1 heterocycles. The summed E-state index contributed by atoms with van der Waals surface area (Å²) < 4.78 is 0. The van der Waals surface area contributed by atoms with Gasteiger partial charge in [-0.05, 0) is 55.3 Å². The number of benzene rings is 3. The Bertz CT molecular complexity index is 1240. The van der Waals surface area contributed by atoms with Gasteiger partial charge in [-0.1, -0.05) is 48.0 Å². The molecule has 0 radical (unpaired) electrons. The molecular weight excluding hydrogens is 402 g/mol. The summed E-state index contributed by atoms with van der Waals surface area (Å²) in [5, 5.41) is 5.85. The molecule has 160 valence electrons. The Morgan fingerprint density at radius 1 is 0.781 bits per heavy atom. The highest BCUT2D eigenvalue weighted by molar-refractivity contribution is 6.46. The molecule has 0 fully saturated rings. The van der Waals surface area contributed by atoms with Crippen LogP contribution >= 0.6 is 0 Å². The van der Waals surface area contributed by atoms with E-state index in [1.54, 1.807) is 36.4 Å². The Kier molecular flexibility index (Phi) is 5.60. The van der Waals surface area contributed by atoms with Gasteiger partial charge in [0.05, 0.1) is 11.3 Å². The van der Waals surface area contributed by atoms with Gasteiger partial charge >= 0.3 is 0 Å². The smallest absolute Gasteiger partial charge is 0.282 e. The van der Waals surface area contributed by atoms with E-state index >= 15 is 0 Å². The lowest BCUT2D eigenvalue weighted by molar-refractivity contribution is -0.120. The lowest BCUT2D eigenvalue weighted by atomic mass is 10.0. The van der Waals surface area contributed by atoms with Crippen molar-refractivity contribution in [3.8, 4) is 0 Å². The highest BCUT2D eigenvalue weighted by Gasteiger charge is 2.40. The lowest BCUT2D eigenvalue weighted by Gasteiger charge is -2.17. The second kappa shape index (κ2) is 8.51. The van der Waals surface area contributed by atoms with Crippen LogP contribution in [0.2, 0.25) is 0 Å². The molecule has 0 saturated heterocycles. The molecule has 0 spiro atoms. The number of nitrogens with zero attached hydrogens (tertiary/aromatic N) is 1. The number of para-hydroxylation sites is 1. The van der Waals surface area contributed by atoms with E-state index in [4.69, 9.17) is 0 Å². The zero-order valence-electron chi connectivity index (χ0n) is 18.1. The van der Waals surface area contributed by atoms with Crippen LogP contribution < -0.4 is 15.5 Å². The molecule has 0 aliphatic carbocycles. The van der Waals surface area contributed by atoms with Crippen LogP contribution in [0.4, 0.5) is 17.1 Å². The first-order valence-corrected chi connectivity index (χ1v) is 10.3. The normalized spacial score (nSPS) is 13.5. The Labute approximate surface area is 186 Å². The Morgan fingerprint density at radius 3 is 2.03 bits per heavy atom. The molecule has 0 bridgehead atoms. The van der Waals surface area contributed by atoms with Crippen molar-refractivity contribution in [1.29, 1.82) is 0 Å². The van der Waals surface area contributed by atoms with Gasteiger partial charge in [-0.15, -0.1) is 0 Å². The fourth-order valence-corrected chi connectivity index (χ4v) is 3.65. The van der Waals surface area contributed by atoms with Crippen molar-refractivity contribution >= 4 is 40.4 Å². The average molecular weight is 425 g/mol. The molecule has 6 heteroatoms. The van der Waals surface area contributed by atoms with Crippen LogP contribution in [0, 0.1) is 13.8 Å². The predicted molar refractivity (Wildman–Crippen MR) is 126 cm³/mol. The quantitative estimate of drug-likeness (QED) is 0.583. The molecule has 4 rings (SSSR count). The van der Waals surface area contributed by atoms with Crippen molar-refractivity contribution in [3.05, 3.63) is 95.2 Å². The van der Waals surface area contributed by atoms with Crippen LogP contribution in [0.15, 0.2) is 78.5 Å². The minimum Gasteiger partial charge on any atom is -0.350 e. The fraction of sp³-hybridized carbons (Fsp3) is 0.115. The van der Waals surface area contributed by atoms with E-state index in [9.17, 15) is 14.4 Å². The zero-order chi connectivity index (χ0) is 22.8. The van der Waals surface area contributed by atoms with Crippen molar-refractivity contribution in [2.75, 3.05) is 15.5 Å². The lowest BCUT2D eigenvalue weighted by Crippen LogP contribution is -2.33. The monoisotopic (exact) mass is 425 g/mol. The Morgan fingerprint density at radius 2 is 1.41 bits per heavy atom. The van der Waals surface area contributed by atoms with Crippen LogP contribution in [0.5, 0.6) is 0 Å². The zero-order valence-corrected chi connectivity index (χ0v) is 18.1. The molecule has 6 nitrogen and oxygen atoms in total. The highest BCUT2D eigenvalue weighted by Crippen LogP contribution is 2.35. The average Bonchev–Trinajstić information content (AvgIpc) is 3.00. The summed E-state index contributed by atoms with van der Waals surface area (Å²) >= 11 is 0. The molecule has 0 unspecified atom stereocenters. The SMILES string of the molecule is CC(=O)Nc1ccc(NC2=C(c3ccc(C)cc3)C(=O)N(c3ccccc3C)C2=O)cc1. The van der Waals surface area contributed by atoms with E-state index in [2.05, 4.69) is 10.6 Å². The Hall–Kier alpha value is -4.19. The number of aryl methyl sites for hydroxylation is 2. The molecule has 3 aromatic rings. The predicted octanol–water partition coefficient (Wildman–Crippen LogP) is 4.66. The van der Waals surface area contributed by atoms with E-state index in [-0.39, 0.29) is 17.5 Å². The minimum absolute atomic E-state index is 0.166. The van der Waals surface area contributed by atoms with Crippen molar-refractivity contribution < 1.29 is 14.4 Å². The summed E-state index contributed by atoms with van der Waals surface area (Å²) in [5.74, 6) is -0.947. The van der Waals surface area contributed by atoms with E-state index in [0.29, 0.717) is 28.2 Å². The van der Waals surface area contributed by atoms with Crippen LogP contribution in [-0.4, -0.2) is 17.7 Å². The maximum atomic E-state index is 13.5. The third-order valence-electron chi connectivity index (χ3n) is 5.26. The third-order valence-corrected chi connectivity index (χ3v) is 5.26. The molecule has 0 aromatic heterocycles. The van der Waals surface area contributed by atoms with E-state index in [1.165, 1.54) is 11.8 Å². The van der Waals surface area contributed by atoms with Crippen molar-refractivity contribution in [1.82, 2.24) is 0 Å². The number of hydrogen-bond donors (Lipinski definition) is 2. The van der Waals surface area contributed by atoms with Crippen molar-refractivity contribution in [2.24, 2.45) is 0 Å². The van der Waals surface area contributed by atoms with Crippen molar-refractivity contribution in [3.63, 3.8) is 0 Å². The molecule has 1 aliphatic rings. The van der Waals surface area contributed by atoms with Gasteiger partial charge in [-0.3, -0.25) is 14.4 Å². The molecule has 3 amide bonds. The number of carbonyl (C=O) groups excluding carboxylic acids is 3. The summed E-state index contributed by atoms with van der Waals surface area (Å²) in [5.41, 5.74) is 4.94. The fourth-order valence-electron chi connectivity index (χ4n) is 3.65. The first-order valence-electron chi connectivity index (χ1n) is 10.3. The van der Waals surface area contributed by atoms with Gasteiger partial charge in [0.15, 0.2) is 0 Å². The van der Waals surface area contributed by atoms with Crippen LogP contribution in [0.1, 0.15) is 23.6 Å². The number of amides is 3. The van der Waals surface area contributed by atoms with Crippen LogP contribution in [-0.2, 0) is 14.4 Å². The number of anilines is 3. The van der Waals surface area contributed by atoms with Gasteiger partial charge in [0.1, 0.15) is 5.70 Å². The minimum atomic E-state index is -0.411. The number of hydrogen-bond acceptors (Lipinski definition) is 4. The van der Waals surface area contributed by atoms with E-state index in [1.807, 2.05) is 50.2 Å². The molecule has 3 aromatic carbocycles. The maximum Gasteiger partial charge on any atom is 0.282 e. The number of rotatable bonds is 5. The largest absolute Gasteiger partial charge is 0.350 e. The molecule has 1 aliphatic heterocycles. The van der Waals surface area contributed by atoms with Gasteiger partial charge in [-0.2, -0.15) is 0 Å². The first-order chi connectivity index (χ1) is 15.3. The second-order valence-corrected chi connectivity index (χ2v) is 7.73. The highest BCUT2D eigenvalue weighted by atomic mass is 16.2. The van der Waals surface area contributed by atoms with E-state index < -0.39 is 5.91 Å². The summed E-state index contributed by atoms with van der Waals surface area (Å²) in [6.07, 6.45) is 0. The molecule has 0 atom stereocenters. The molecular formula is C26H23N3O3. The number of imide groups is 1. The molecule has 32 heavy (non-hydrogen) atoms. The summed E-state index contributed by atoms with van der Waals surface area (Å²) in [6, 6.07) is 21.8. The maximum absolute atomic E-state index is 13.5. The van der Waals surface area contributed by atoms with E-state index in [0.717, 1.165) is 11.1 Å². The van der Waals surface area contributed by atoms with Gasteiger partial charge in [0, 0.05) is 18.3 Å². The Balaban J connectivity index is 1.76. The van der Waals surface area contributed by atoms with Gasteiger partial charge in [-0.25, -0.2) is 4.90 Å². The number of carbonyl (C=O) groups is 3.